The van der Waals surface area contributed by atoms with Crippen molar-refractivity contribution < 1.29 is 27.5 Å². The molecule has 1 unspecified atom stereocenters. The van der Waals surface area contributed by atoms with Crippen LogP contribution in [0.3, 0.4) is 0 Å². The van der Waals surface area contributed by atoms with Gasteiger partial charge in [-0.25, -0.2) is 0 Å². The average molecular weight is 313 g/mol. The molecule has 0 bridgehead atoms. The predicted molar refractivity (Wildman–Crippen MR) is 72.2 cm³/mol. The number of hydrogen-bond acceptors (Lipinski definition) is 3. The third-order valence-corrected chi connectivity index (χ3v) is 3.02. The molecule has 0 fully saturated rings. The maximum Gasteiger partial charge on any atom is 0.416 e. The van der Waals surface area contributed by atoms with Crippen molar-refractivity contribution in [3.63, 3.8) is 0 Å². The van der Waals surface area contributed by atoms with E-state index in [-0.39, 0.29) is 12.1 Å². The minimum atomic E-state index is -4.44. The minimum absolute atomic E-state index is 0.0795. The molecule has 7 heteroatoms. The van der Waals surface area contributed by atoms with E-state index < -0.39 is 23.8 Å². The lowest BCUT2D eigenvalue weighted by molar-refractivity contribution is -0.137. The first-order chi connectivity index (χ1) is 10.3. The second kappa shape index (κ2) is 6.23. The Kier molecular flexibility index (Phi) is 4.56. The molecule has 2 aromatic rings. The van der Waals surface area contributed by atoms with Gasteiger partial charge in [-0.05, 0) is 43.3 Å². The number of nitrogens with one attached hydrogen (secondary N) is 1. The zero-order chi connectivity index (χ0) is 16.3. The summed E-state index contributed by atoms with van der Waals surface area (Å²) in [4.78, 5) is 11.8. The van der Waals surface area contributed by atoms with Crippen LogP contribution in [-0.4, -0.2) is 17.6 Å². The van der Waals surface area contributed by atoms with E-state index in [1.807, 2.05) is 0 Å². The maximum atomic E-state index is 12.4. The molecule has 1 aromatic heterocycles. The van der Waals surface area contributed by atoms with Crippen LogP contribution in [0.2, 0.25) is 0 Å². The number of aryl methyl sites for hydroxylation is 1. The van der Waals surface area contributed by atoms with Crippen molar-refractivity contribution in [1.82, 2.24) is 5.32 Å². The zero-order valence-electron chi connectivity index (χ0n) is 11.6. The number of aliphatic hydroxyl groups excluding tert-OH is 1. The molecular formula is C15H14F3NO3. The molecule has 1 atom stereocenters. The fourth-order valence-electron chi connectivity index (χ4n) is 1.84. The Hall–Kier alpha value is -2.28. The Morgan fingerprint density at radius 1 is 1.23 bits per heavy atom. The van der Waals surface area contributed by atoms with Gasteiger partial charge >= 0.3 is 6.18 Å². The molecular weight excluding hydrogens is 299 g/mol. The van der Waals surface area contributed by atoms with Crippen molar-refractivity contribution in [1.29, 1.82) is 0 Å². The quantitative estimate of drug-likeness (QED) is 0.912. The number of carbonyl (C=O) groups is 1. The van der Waals surface area contributed by atoms with Crippen LogP contribution in [0.5, 0.6) is 0 Å². The van der Waals surface area contributed by atoms with Crippen LogP contribution in [0.4, 0.5) is 13.2 Å². The first kappa shape index (κ1) is 16.1. The van der Waals surface area contributed by atoms with Crippen LogP contribution in [0.1, 0.15) is 33.5 Å². The van der Waals surface area contributed by atoms with E-state index in [1.54, 1.807) is 19.1 Å². The summed E-state index contributed by atoms with van der Waals surface area (Å²) in [5.41, 5.74) is -0.744. The Labute approximate surface area is 124 Å². The minimum Gasteiger partial charge on any atom is -0.464 e. The molecule has 0 saturated carbocycles. The number of hydrogen-bond donors (Lipinski definition) is 2. The number of halogens is 3. The van der Waals surface area contributed by atoms with Gasteiger partial charge in [0.2, 0.25) is 0 Å². The van der Waals surface area contributed by atoms with Crippen LogP contribution in [0.25, 0.3) is 0 Å². The van der Waals surface area contributed by atoms with Gasteiger partial charge in [0.15, 0.2) is 0 Å². The van der Waals surface area contributed by atoms with Gasteiger partial charge in [0.05, 0.1) is 12.1 Å². The molecule has 22 heavy (non-hydrogen) atoms. The van der Waals surface area contributed by atoms with Crippen molar-refractivity contribution in [3.05, 3.63) is 59.0 Å². The van der Waals surface area contributed by atoms with Gasteiger partial charge < -0.3 is 14.8 Å². The number of aliphatic hydroxyl groups is 1. The first-order valence-electron chi connectivity index (χ1n) is 6.47. The van der Waals surface area contributed by atoms with Gasteiger partial charge in [-0.15, -0.1) is 0 Å². The van der Waals surface area contributed by atoms with E-state index in [0.29, 0.717) is 11.5 Å². The van der Waals surface area contributed by atoms with Gasteiger partial charge in [0.25, 0.3) is 5.91 Å². The molecule has 2 rings (SSSR count). The highest BCUT2D eigenvalue weighted by atomic mass is 19.4. The SMILES string of the molecule is Cc1ccc(C(O)CNC(=O)c2ccc(C(F)(F)F)cc2)o1. The molecule has 4 nitrogen and oxygen atoms in total. The standard InChI is InChI=1S/C15H14F3NO3/c1-9-2-7-13(22-9)12(20)8-19-14(21)10-3-5-11(6-4-10)15(16,17)18/h2-7,12,20H,8H2,1H3,(H,19,21). The number of rotatable bonds is 4. The van der Waals surface area contributed by atoms with Crippen LogP contribution in [0, 0.1) is 6.92 Å². The largest absolute Gasteiger partial charge is 0.464 e. The van der Waals surface area contributed by atoms with Crippen LogP contribution >= 0.6 is 0 Å². The molecule has 1 amide bonds. The van der Waals surface area contributed by atoms with E-state index in [2.05, 4.69) is 5.32 Å². The lowest BCUT2D eigenvalue weighted by atomic mass is 10.1. The maximum absolute atomic E-state index is 12.4. The van der Waals surface area contributed by atoms with E-state index in [1.165, 1.54) is 0 Å². The Morgan fingerprint density at radius 2 is 1.86 bits per heavy atom. The van der Waals surface area contributed by atoms with Gasteiger partial charge in [-0.2, -0.15) is 13.2 Å². The Morgan fingerprint density at radius 3 is 2.36 bits per heavy atom. The monoisotopic (exact) mass is 313 g/mol. The molecule has 1 heterocycles. The molecule has 118 valence electrons. The summed E-state index contributed by atoms with van der Waals surface area (Å²) in [6, 6.07) is 7.10. The first-order valence-corrected chi connectivity index (χ1v) is 6.47. The molecule has 0 aliphatic rings. The van der Waals surface area contributed by atoms with Gasteiger partial charge in [0, 0.05) is 5.56 Å². The Bertz CT molecular complexity index is 647. The predicted octanol–water partition coefficient (Wildman–Crippen LogP) is 3.07. The number of amides is 1. The molecule has 0 aliphatic carbocycles. The normalized spacial score (nSPS) is 13.0. The van der Waals surface area contributed by atoms with Crippen LogP contribution in [0.15, 0.2) is 40.8 Å². The van der Waals surface area contributed by atoms with Gasteiger partial charge in [0.1, 0.15) is 17.6 Å². The number of furan rings is 1. The summed E-state index contributed by atoms with van der Waals surface area (Å²) in [5.74, 6) is 0.365. The summed E-state index contributed by atoms with van der Waals surface area (Å²) in [5, 5.41) is 12.3. The highest BCUT2D eigenvalue weighted by Gasteiger charge is 2.30. The van der Waals surface area contributed by atoms with E-state index in [0.717, 1.165) is 24.3 Å². The van der Waals surface area contributed by atoms with Crippen molar-refractivity contribution in [3.8, 4) is 0 Å². The molecule has 0 saturated heterocycles. The second-order valence-electron chi connectivity index (χ2n) is 4.75. The third kappa shape index (κ3) is 3.88. The third-order valence-electron chi connectivity index (χ3n) is 3.02. The summed E-state index contributed by atoms with van der Waals surface area (Å²) in [6.07, 6.45) is -5.46. The summed E-state index contributed by atoms with van der Waals surface area (Å²) >= 11 is 0. The van der Waals surface area contributed by atoms with Crippen molar-refractivity contribution in [2.24, 2.45) is 0 Å². The number of benzene rings is 1. The lowest BCUT2D eigenvalue weighted by Gasteiger charge is -2.11. The number of carbonyl (C=O) groups excluding carboxylic acids is 1. The van der Waals surface area contributed by atoms with Crippen molar-refractivity contribution in [2.45, 2.75) is 19.2 Å². The van der Waals surface area contributed by atoms with Crippen LogP contribution in [-0.2, 0) is 6.18 Å². The summed E-state index contributed by atoms with van der Waals surface area (Å²) in [6.45, 7) is 1.61. The van der Waals surface area contributed by atoms with E-state index in [9.17, 15) is 23.1 Å². The average Bonchev–Trinajstić information content (AvgIpc) is 2.90. The fraction of sp³-hybridized carbons (Fsp3) is 0.267. The van der Waals surface area contributed by atoms with Crippen LogP contribution < -0.4 is 5.32 Å². The summed E-state index contributed by atoms with van der Waals surface area (Å²) in [7, 11) is 0. The van der Waals surface area contributed by atoms with E-state index >= 15 is 0 Å². The summed E-state index contributed by atoms with van der Waals surface area (Å²) < 4.78 is 42.5. The number of alkyl halides is 3. The van der Waals surface area contributed by atoms with Crippen molar-refractivity contribution >= 4 is 5.91 Å². The smallest absolute Gasteiger partial charge is 0.416 e. The molecule has 0 spiro atoms. The molecule has 1 aromatic carbocycles. The van der Waals surface area contributed by atoms with Gasteiger partial charge in [-0.1, -0.05) is 0 Å². The molecule has 0 radical (unpaired) electrons. The fourth-order valence-corrected chi connectivity index (χ4v) is 1.84. The molecule has 0 aliphatic heterocycles. The Balaban J connectivity index is 1.95. The zero-order valence-corrected chi connectivity index (χ0v) is 11.6. The molecule has 2 N–H and O–H groups in total. The van der Waals surface area contributed by atoms with E-state index in [4.69, 9.17) is 4.42 Å². The highest BCUT2D eigenvalue weighted by Crippen LogP contribution is 2.29. The topological polar surface area (TPSA) is 62.5 Å². The highest BCUT2D eigenvalue weighted by molar-refractivity contribution is 5.94. The second-order valence-corrected chi connectivity index (χ2v) is 4.75. The lowest BCUT2D eigenvalue weighted by Crippen LogP contribution is -2.28. The van der Waals surface area contributed by atoms with Crippen molar-refractivity contribution in [2.75, 3.05) is 6.54 Å². The van der Waals surface area contributed by atoms with Gasteiger partial charge in [-0.3, -0.25) is 4.79 Å².